The number of likely N-dealkylation sites (tertiary alicyclic amines) is 1. The molecule has 2 aromatic carbocycles. The number of aromatic nitrogens is 1. The lowest BCUT2D eigenvalue weighted by Gasteiger charge is -2.36. The van der Waals surface area contributed by atoms with Crippen LogP contribution in [0, 0.1) is 5.92 Å². The summed E-state index contributed by atoms with van der Waals surface area (Å²) in [6, 6.07) is 21.1. The maximum atomic E-state index is 6.61. The zero-order chi connectivity index (χ0) is 19.6. The number of benzene rings is 2. The first-order chi connectivity index (χ1) is 14.3. The maximum Gasteiger partial charge on any atom is 0.141 e. The number of ether oxygens (including phenoxy) is 1. The van der Waals surface area contributed by atoms with Crippen molar-refractivity contribution in [2.45, 2.75) is 31.9 Å². The molecule has 29 heavy (non-hydrogen) atoms. The molecule has 1 fully saturated rings. The van der Waals surface area contributed by atoms with Gasteiger partial charge in [0, 0.05) is 29.2 Å². The fourth-order valence-electron chi connectivity index (χ4n) is 4.71. The second-order valence-electron chi connectivity index (χ2n) is 8.26. The molecule has 2 aliphatic rings. The van der Waals surface area contributed by atoms with Crippen LogP contribution in [0.25, 0.3) is 0 Å². The summed E-state index contributed by atoms with van der Waals surface area (Å²) in [5.41, 5.74) is 3.95. The highest BCUT2D eigenvalue weighted by atomic mass is 35.5. The first-order valence-electron chi connectivity index (χ1n) is 10.6. The van der Waals surface area contributed by atoms with Gasteiger partial charge in [-0.15, -0.1) is 0 Å². The van der Waals surface area contributed by atoms with Crippen LogP contribution in [0.1, 0.15) is 35.8 Å². The Morgan fingerprint density at radius 3 is 2.55 bits per heavy atom. The summed E-state index contributed by atoms with van der Waals surface area (Å²) in [7, 11) is 0. The van der Waals surface area contributed by atoms with Crippen molar-refractivity contribution in [3.05, 3.63) is 88.7 Å². The Labute approximate surface area is 177 Å². The number of nitrogens with zero attached hydrogens (tertiary/aromatic N) is 2. The Kier molecular flexibility index (Phi) is 5.34. The van der Waals surface area contributed by atoms with E-state index in [1.165, 1.54) is 29.7 Å². The number of hydrogen-bond donors (Lipinski definition) is 0. The monoisotopic (exact) mass is 406 g/mol. The molecule has 3 aromatic rings. The predicted octanol–water partition coefficient (Wildman–Crippen LogP) is 5.58. The van der Waals surface area contributed by atoms with Gasteiger partial charge in [0.1, 0.15) is 11.9 Å². The average Bonchev–Trinajstić information content (AvgIpc) is 3.15. The van der Waals surface area contributed by atoms with E-state index >= 15 is 0 Å². The van der Waals surface area contributed by atoms with Crippen molar-refractivity contribution in [2.75, 3.05) is 19.6 Å². The second-order valence-corrected chi connectivity index (χ2v) is 8.70. The molecule has 0 spiro atoms. The van der Waals surface area contributed by atoms with Crippen LogP contribution in [-0.4, -0.2) is 29.1 Å². The van der Waals surface area contributed by atoms with E-state index in [0.29, 0.717) is 5.92 Å². The molecule has 1 unspecified atom stereocenters. The van der Waals surface area contributed by atoms with Crippen molar-refractivity contribution in [2.24, 2.45) is 5.92 Å². The molecule has 1 atom stereocenters. The average molecular weight is 407 g/mol. The smallest absolute Gasteiger partial charge is 0.141 e. The van der Waals surface area contributed by atoms with Crippen LogP contribution in [0.2, 0.25) is 5.02 Å². The largest absolute Gasteiger partial charge is 0.484 e. The van der Waals surface area contributed by atoms with Gasteiger partial charge < -0.3 is 14.2 Å². The van der Waals surface area contributed by atoms with Crippen LogP contribution in [0.5, 0.6) is 5.75 Å². The normalized spacial score (nSPS) is 19.8. The van der Waals surface area contributed by atoms with Gasteiger partial charge in [0.15, 0.2) is 0 Å². The number of fused-ring (bicyclic) bond motifs is 2. The molecule has 3 heterocycles. The number of piperidine rings is 1. The van der Waals surface area contributed by atoms with E-state index in [2.05, 4.69) is 64.2 Å². The van der Waals surface area contributed by atoms with Crippen molar-refractivity contribution in [3.8, 4) is 5.75 Å². The molecule has 150 valence electrons. The van der Waals surface area contributed by atoms with E-state index in [1.807, 2.05) is 12.1 Å². The summed E-state index contributed by atoms with van der Waals surface area (Å²) in [5, 5.41) is 0.810. The van der Waals surface area contributed by atoms with Gasteiger partial charge in [-0.1, -0.05) is 41.9 Å². The van der Waals surface area contributed by atoms with Crippen LogP contribution < -0.4 is 4.74 Å². The summed E-state index contributed by atoms with van der Waals surface area (Å²) < 4.78 is 8.97. The fraction of sp³-hybridized carbons (Fsp3) is 0.360. The topological polar surface area (TPSA) is 17.4 Å². The van der Waals surface area contributed by atoms with Gasteiger partial charge in [0.2, 0.25) is 0 Å². The first-order valence-corrected chi connectivity index (χ1v) is 11.0. The number of rotatable bonds is 4. The highest BCUT2D eigenvalue weighted by Gasteiger charge is 2.32. The summed E-state index contributed by atoms with van der Waals surface area (Å²) in [4.78, 5) is 2.59. The minimum absolute atomic E-state index is 0.145. The van der Waals surface area contributed by atoms with Gasteiger partial charge in [-0.2, -0.15) is 0 Å². The third kappa shape index (κ3) is 4.08. The molecule has 4 heteroatoms. The fourth-order valence-corrected chi connectivity index (χ4v) is 4.84. The Bertz CT molecular complexity index is 957. The van der Waals surface area contributed by atoms with Crippen molar-refractivity contribution in [1.29, 1.82) is 0 Å². The molecular formula is C25H27ClN2O. The lowest BCUT2D eigenvalue weighted by molar-refractivity contribution is 0.0745. The molecule has 0 amide bonds. The summed E-state index contributed by atoms with van der Waals surface area (Å²) >= 11 is 6.00. The standard InChI is InChI=1S/C25H27ClN2O/c26-22-9-7-19(8-10-22)11-15-27-16-12-20(13-17-27)25-23-5-3-14-28(23)18-21-4-1-2-6-24(21)29-25/h1-10,14,20,25H,11-13,15-18H2. The predicted molar refractivity (Wildman–Crippen MR) is 118 cm³/mol. The summed E-state index contributed by atoms with van der Waals surface area (Å²) in [5.74, 6) is 1.60. The van der Waals surface area contributed by atoms with E-state index in [-0.39, 0.29) is 6.10 Å². The minimum atomic E-state index is 0.145. The summed E-state index contributed by atoms with van der Waals surface area (Å²) in [6.07, 6.45) is 5.77. The highest BCUT2D eigenvalue weighted by molar-refractivity contribution is 6.30. The zero-order valence-electron chi connectivity index (χ0n) is 16.6. The van der Waals surface area contributed by atoms with Gasteiger partial charge in [0.25, 0.3) is 0 Å². The summed E-state index contributed by atoms with van der Waals surface area (Å²) in [6.45, 7) is 4.29. The molecule has 0 bridgehead atoms. The molecule has 0 saturated carbocycles. The van der Waals surface area contributed by atoms with Crippen LogP contribution >= 0.6 is 11.6 Å². The van der Waals surface area contributed by atoms with Crippen LogP contribution in [0.15, 0.2) is 66.9 Å². The molecule has 0 N–H and O–H groups in total. The molecule has 0 radical (unpaired) electrons. The highest BCUT2D eigenvalue weighted by Crippen LogP contribution is 2.38. The quantitative estimate of drug-likeness (QED) is 0.562. The Morgan fingerprint density at radius 2 is 1.72 bits per heavy atom. The molecule has 2 aliphatic heterocycles. The van der Waals surface area contributed by atoms with E-state index in [1.54, 1.807) is 0 Å². The van der Waals surface area contributed by atoms with Gasteiger partial charge in [-0.05, 0) is 68.2 Å². The van der Waals surface area contributed by atoms with Gasteiger partial charge >= 0.3 is 0 Å². The Hall–Kier alpha value is -2.23. The maximum absolute atomic E-state index is 6.61. The van der Waals surface area contributed by atoms with Crippen molar-refractivity contribution >= 4 is 11.6 Å². The van der Waals surface area contributed by atoms with E-state index < -0.39 is 0 Å². The first kappa shape index (κ1) is 18.8. The van der Waals surface area contributed by atoms with Crippen molar-refractivity contribution < 1.29 is 4.74 Å². The third-order valence-electron chi connectivity index (χ3n) is 6.41. The van der Waals surface area contributed by atoms with Crippen LogP contribution in [0.4, 0.5) is 0 Å². The van der Waals surface area contributed by atoms with Gasteiger partial charge in [0.05, 0.1) is 12.2 Å². The number of para-hydroxylation sites is 1. The lowest BCUT2D eigenvalue weighted by atomic mass is 9.89. The van der Waals surface area contributed by atoms with Crippen LogP contribution in [0.3, 0.4) is 0 Å². The number of halogens is 1. The van der Waals surface area contributed by atoms with Crippen molar-refractivity contribution in [3.63, 3.8) is 0 Å². The molecule has 0 aliphatic carbocycles. The number of hydrogen-bond acceptors (Lipinski definition) is 2. The van der Waals surface area contributed by atoms with E-state index in [4.69, 9.17) is 16.3 Å². The zero-order valence-corrected chi connectivity index (χ0v) is 17.4. The Balaban J connectivity index is 1.24. The molecule has 5 rings (SSSR count). The minimum Gasteiger partial charge on any atom is -0.484 e. The van der Waals surface area contributed by atoms with Crippen LogP contribution in [-0.2, 0) is 13.0 Å². The van der Waals surface area contributed by atoms with E-state index in [9.17, 15) is 0 Å². The molecule has 3 nitrogen and oxygen atoms in total. The third-order valence-corrected chi connectivity index (χ3v) is 6.67. The molecule has 1 saturated heterocycles. The molecular weight excluding hydrogens is 380 g/mol. The van der Waals surface area contributed by atoms with Gasteiger partial charge in [-0.3, -0.25) is 0 Å². The molecule has 1 aromatic heterocycles. The lowest BCUT2D eigenvalue weighted by Crippen LogP contribution is -2.38. The second kappa shape index (κ2) is 8.25. The SMILES string of the molecule is Clc1ccc(CCN2CCC(C3Oc4ccccc4Cn4cccc43)CC2)cc1. The van der Waals surface area contributed by atoms with Gasteiger partial charge in [-0.25, -0.2) is 0 Å². The van der Waals surface area contributed by atoms with Crippen molar-refractivity contribution in [1.82, 2.24) is 9.47 Å². The van der Waals surface area contributed by atoms with E-state index in [0.717, 1.165) is 43.4 Å². The Morgan fingerprint density at radius 1 is 0.931 bits per heavy atom.